The molecular formula is C17H18ClN3S. The van der Waals surface area contributed by atoms with Gasteiger partial charge < -0.3 is 10.2 Å². The Balaban J connectivity index is 0.00000144. The van der Waals surface area contributed by atoms with E-state index in [1.54, 1.807) is 0 Å². The molecule has 3 nitrogen and oxygen atoms in total. The number of rotatable bonds is 1. The zero-order chi connectivity index (χ0) is 14.1. The summed E-state index contributed by atoms with van der Waals surface area (Å²) in [6.07, 6.45) is 2.03. The van der Waals surface area contributed by atoms with Gasteiger partial charge in [-0.05, 0) is 24.3 Å². The highest BCUT2D eigenvalue weighted by molar-refractivity contribution is 7.99. The minimum atomic E-state index is 0. The number of anilines is 1. The molecule has 0 unspecified atom stereocenters. The molecule has 0 spiro atoms. The third kappa shape index (κ3) is 2.86. The fraction of sp³-hybridized carbons (Fsp3) is 0.235. The number of halogens is 1. The van der Waals surface area contributed by atoms with Crippen LogP contribution in [0.1, 0.15) is 5.56 Å². The van der Waals surface area contributed by atoms with Crippen LogP contribution in [-0.2, 0) is 0 Å². The van der Waals surface area contributed by atoms with Crippen molar-refractivity contribution in [3.63, 3.8) is 0 Å². The lowest BCUT2D eigenvalue weighted by molar-refractivity contribution is 0.589. The molecule has 1 fully saturated rings. The molecule has 0 aliphatic carbocycles. The predicted octanol–water partition coefficient (Wildman–Crippen LogP) is 3.73. The van der Waals surface area contributed by atoms with Crippen molar-refractivity contribution in [3.05, 3.63) is 48.0 Å². The molecule has 2 aliphatic rings. The summed E-state index contributed by atoms with van der Waals surface area (Å²) in [5, 5.41) is 3.41. The van der Waals surface area contributed by atoms with Crippen molar-refractivity contribution < 1.29 is 0 Å². The molecule has 5 heteroatoms. The molecule has 22 heavy (non-hydrogen) atoms. The first kappa shape index (κ1) is 15.4. The van der Waals surface area contributed by atoms with Crippen LogP contribution in [0.4, 0.5) is 11.4 Å². The van der Waals surface area contributed by atoms with Gasteiger partial charge in [-0.3, -0.25) is 4.99 Å². The van der Waals surface area contributed by atoms with E-state index in [-0.39, 0.29) is 12.4 Å². The minimum absolute atomic E-state index is 0. The van der Waals surface area contributed by atoms with Gasteiger partial charge in [0, 0.05) is 53.4 Å². The van der Waals surface area contributed by atoms with E-state index in [4.69, 9.17) is 4.99 Å². The fourth-order valence-electron chi connectivity index (χ4n) is 2.84. The Hall–Kier alpha value is -1.49. The van der Waals surface area contributed by atoms with Crippen molar-refractivity contribution in [1.29, 1.82) is 0 Å². The van der Waals surface area contributed by atoms with Crippen LogP contribution in [0.2, 0.25) is 0 Å². The summed E-state index contributed by atoms with van der Waals surface area (Å²) < 4.78 is 0. The highest BCUT2D eigenvalue weighted by Crippen LogP contribution is 2.41. The Morgan fingerprint density at radius 2 is 1.73 bits per heavy atom. The third-order valence-electron chi connectivity index (χ3n) is 3.92. The molecule has 1 saturated heterocycles. The number of fused-ring (bicyclic) bond motifs is 2. The smallest absolute Gasteiger partial charge is 0.0769 e. The Labute approximate surface area is 141 Å². The molecule has 0 amide bonds. The summed E-state index contributed by atoms with van der Waals surface area (Å²) in [7, 11) is 0. The van der Waals surface area contributed by atoms with E-state index in [9.17, 15) is 0 Å². The lowest BCUT2D eigenvalue weighted by atomic mass is 10.1. The van der Waals surface area contributed by atoms with Crippen molar-refractivity contribution in [2.45, 2.75) is 9.79 Å². The number of hydrogen-bond acceptors (Lipinski definition) is 4. The number of aliphatic imine (C=N–C) groups is 1. The standard InChI is InChI=1S/C17H17N3S.ClH/c1-2-6-17-14(4-1)19-12-13-15(5-3-7-16(13)21-17)20-10-8-18-9-11-20;/h1-7,12,18H,8-11H2;1H. The van der Waals surface area contributed by atoms with Crippen LogP contribution in [0.25, 0.3) is 0 Å². The average Bonchev–Trinajstić information content (AvgIpc) is 2.74. The van der Waals surface area contributed by atoms with Crippen molar-refractivity contribution in [2.75, 3.05) is 31.1 Å². The summed E-state index contributed by atoms with van der Waals surface area (Å²) in [4.78, 5) is 9.67. The molecule has 0 saturated carbocycles. The number of nitrogens with one attached hydrogen (secondary N) is 1. The SMILES string of the molecule is C1=Nc2ccccc2Sc2cccc(N3CCNCC3)c21.Cl. The second-order valence-electron chi connectivity index (χ2n) is 5.25. The lowest BCUT2D eigenvalue weighted by Gasteiger charge is -2.31. The van der Waals surface area contributed by atoms with Crippen molar-refractivity contribution >= 4 is 41.8 Å². The van der Waals surface area contributed by atoms with Gasteiger partial charge in [-0.25, -0.2) is 0 Å². The Bertz CT molecular complexity index is 696. The number of benzene rings is 2. The van der Waals surface area contributed by atoms with E-state index < -0.39 is 0 Å². The quantitative estimate of drug-likeness (QED) is 0.736. The predicted molar refractivity (Wildman–Crippen MR) is 96.6 cm³/mol. The maximum Gasteiger partial charge on any atom is 0.0769 e. The van der Waals surface area contributed by atoms with Gasteiger partial charge in [0.05, 0.1) is 5.69 Å². The van der Waals surface area contributed by atoms with Crippen LogP contribution in [0.5, 0.6) is 0 Å². The molecule has 2 aromatic rings. The van der Waals surface area contributed by atoms with E-state index in [0.717, 1.165) is 31.9 Å². The largest absolute Gasteiger partial charge is 0.368 e. The summed E-state index contributed by atoms with van der Waals surface area (Å²) in [6.45, 7) is 4.21. The van der Waals surface area contributed by atoms with E-state index in [2.05, 4.69) is 46.6 Å². The minimum Gasteiger partial charge on any atom is -0.368 e. The normalized spacial score (nSPS) is 16.3. The van der Waals surface area contributed by atoms with E-state index in [1.165, 1.54) is 21.0 Å². The summed E-state index contributed by atoms with van der Waals surface area (Å²) in [6, 6.07) is 14.9. The van der Waals surface area contributed by atoms with Gasteiger partial charge in [0.2, 0.25) is 0 Å². The summed E-state index contributed by atoms with van der Waals surface area (Å²) in [5.41, 5.74) is 3.61. The number of piperazine rings is 1. The maximum absolute atomic E-state index is 4.70. The van der Waals surface area contributed by atoms with Gasteiger partial charge in [-0.2, -0.15) is 0 Å². The third-order valence-corrected chi connectivity index (χ3v) is 5.06. The average molecular weight is 332 g/mol. The molecule has 2 aromatic carbocycles. The Kier molecular flexibility index (Phi) is 4.71. The fourth-order valence-corrected chi connectivity index (χ4v) is 3.86. The van der Waals surface area contributed by atoms with Gasteiger partial charge in [0.1, 0.15) is 0 Å². The monoisotopic (exact) mass is 331 g/mol. The first-order valence-electron chi connectivity index (χ1n) is 7.31. The van der Waals surface area contributed by atoms with Crippen LogP contribution in [-0.4, -0.2) is 32.4 Å². The van der Waals surface area contributed by atoms with Crippen LogP contribution in [0, 0.1) is 0 Å². The molecule has 0 aromatic heterocycles. The van der Waals surface area contributed by atoms with Gasteiger partial charge in [-0.15, -0.1) is 12.4 Å². The van der Waals surface area contributed by atoms with E-state index in [1.807, 2.05) is 24.0 Å². The Morgan fingerprint density at radius 3 is 2.59 bits per heavy atom. The van der Waals surface area contributed by atoms with Crippen molar-refractivity contribution in [2.24, 2.45) is 4.99 Å². The molecule has 0 radical (unpaired) electrons. The molecule has 0 atom stereocenters. The number of nitrogens with zero attached hydrogens (tertiary/aromatic N) is 2. The first-order valence-corrected chi connectivity index (χ1v) is 8.13. The van der Waals surface area contributed by atoms with Crippen LogP contribution >= 0.6 is 24.2 Å². The maximum atomic E-state index is 4.70. The molecular weight excluding hydrogens is 314 g/mol. The lowest BCUT2D eigenvalue weighted by Crippen LogP contribution is -2.43. The second-order valence-corrected chi connectivity index (χ2v) is 6.34. The van der Waals surface area contributed by atoms with Gasteiger partial charge >= 0.3 is 0 Å². The van der Waals surface area contributed by atoms with E-state index in [0.29, 0.717) is 0 Å². The number of para-hydroxylation sites is 1. The molecule has 2 aliphatic heterocycles. The molecule has 0 bridgehead atoms. The molecule has 2 heterocycles. The van der Waals surface area contributed by atoms with Gasteiger partial charge in [0.15, 0.2) is 0 Å². The molecule has 1 N–H and O–H groups in total. The molecule has 114 valence electrons. The topological polar surface area (TPSA) is 27.6 Å². The van der Waals surface area contributed by atoms with E-state index >= 15 is 0 Å². The zero-order valence-electron chi connectivity index (χ0n) is 12.2. The summed E-state index contributed by atoms with van der Waals surface area (Å²) in [5.74, 6) is 0. The summed E-state index contributed by atoms with van der Waals surface area (Å²) >= 11 is 1.81. The van der Waals surface area contributed by atoms with Crippen LogP contribution in [0.15, 0.2) is 57.2 Å². The zero-order valence-corrected chi connectivity index (χ0v) is 13.8. The Morgan fingerprint density at radius 1 is 0.955 bits per heavy atom. The van der Waals surface area contributed by atoms with Crippen molar-refractivity contribution in [3.8, 4) is 0 Å². The highest BCUT2D eigenvalue weighted by Gasteiger charge is 2.18. The molecule has 4 rings (SSSR count). The van der Waals surface area contributed by atoms with Crippen molar-refractivity contribution in [1.82, 2.24) is 5.32 Å². The second kappa shape index (κ2) is 6.73. The van der Waals surface area contributed by atoms with Gasteiger partial charge in [-0.1, -0.05) is 30.0 Å². The highest BCUT2D eigenvalue weighted by atomic mass is 35.5. The number of hydrogen-bond donors (Lipinski definition) is 1. The van der Waals surface area contributed by atoms with Gasteiger partial charge in [0.25, 0.3) is 0 Å². The van der Waals surface area contributed by atoms with Crippen LogP contribution in [0.3, 0.4) is 0 Å². The van der Waals surface area contributed by atoms with Crippen LogP contribution < -0.4 is 10.2 Å². The first-order chi connectivity index (χ1) is 10.4.